The molecule has 1 unspecified atom stereocenters. The molecule has 11 heteroatoms. The highest BCUT2D eigenvalue weighted by atomic mass is 35.5. The van der Waals surface area contributed by atoms with E-state index < -0.39 is 11.6 Å². The zero-order chi connectivity index (χ0) is 21.4. The molecular weight excluding hydrogens is 453 g/mol. The average Bonchev–Trinajstić information content (AvgIpc) is 3.26. The first-order valence-electron chi connectivity index (χ1n) is 8.71. The molecule has 0 saturated carbocycles. The van der Waals surface area contributed by atoms with Gasteiger partial charge in [0, 0.05) is 16.5 Å². The van der Waals surface area contributed by atoms with Crippen molar-refractivity contribution in [1.82, 2.24) is 9.66 Å². The molecule has 0 spiro atoms. The molecule has 1 aliphatic heterocycles. The molecule has 154 valence electrons. The number of imidazole rings is 1. The van der Waals surface area contributed by atoms with E-state index in [1.165, 1.54) is 0 Å². The lowest BCUT2D eigenvalue weighted by atomic mass is 10.0. The van der Waals surface area contributed by atoms with E-state index >= 15 is 0 Å². The number of anilines is 1. The van der Waals surface area contributed by atoms with Crippen LogP contribution in [0, 0.1) is 0 Å². The van der Waals surface area contributed by atoms with Crippen LogP contribution in [0.15, 0.2) is 58.6 Å². The number of halogens is 3. The van der Waals surface area contributed by atoms with Gasteiger partial charge in [0.2, 0.25) is 5.88 Å². The summed E-state index contributed by atoms with van der Waals surface area (Å²) in [6.07, 6.45) is 1.30. The van der Waals surface area contributed by atoms with Gasteiger partial charge in [0.15, 0.2) is 0 Å². The first-order valence-corrected chi connectivity index (χ1v) is 9.84. The highest BCUT2D eigenvalue weighted by molar-refractivity contribution is 6.42. The Morgan fingerprint density at radius 3 is 2.47 bits per heavy atom. The Hall–Kier alpha value is -2.94. The summed E-state index contributed by atoms with van der Waals surface area (Å²) in [4.78, 5) is 26.6. The normalized spacial score (nSPS) is 15.9. The number of hydrogen-bond donors (Lipinski definition) is 3. The van der Waals surface area contributed by atoms with Crippen molar-refractivity contribution >= 4 is 52.1 Å². The molecule has 0 aliphatic carbocycles. The lowest BCUT2D eigenvalue weighted by Gasteiger charge is -2.25. The predicted octanol–water partition coefficient (Wildman–Crippen LogP) is 3.92. The molecule has 2 heterocycles. The van der Waals surface area contributed by atoms with Crippen LogP contribution in [0.5, 0.6) is 5.88 Å². The molecule has 30 heavy (non-hydrogen) atoms. The standard InChI is InChI=1S/C19H14Cl3N5O3/c20-11-3-1-10(2-4-11)16-8-14(18(29)25-26-9-17(28)23-19(26)30)24-27(16)15-6-5-12(21)7-13(15)22/h1-7,9,16,28H,8H2,(H,23,30)(H,25,29). The molecule has 3 N–H and O–H groups in total. The Morgan fingerprint density at radius 2 is 1.83 bits per heavy atom. The molecule has 0 fully saturated rings. The number of hydrazone groups is 1. The van der Waals surface area contributed by atoms with Crippen molar-refractivity contribution in [3.05, 3.63) is 79.8 Å². The molecule has 4 rings (SSSR count). The summed E-state index contributed by atoms with van der Waals surface area (Å²) in [5.74, 6) is -0.968. The zero-order valence-electron chi connectivity index (χ0n) is 15.1. The quantitative estimate of drug-likeness (QED) is 0.542. The number of amides is 1. The number of aromatic amines is 1. The summed E-state index contributed by atoms with van der Waals surface area (Å²) in [6, 6.07) is 11.8. The molecule has 1 aliphatic rings. The molecule has 1 amide bonds. The summed E-state index contributed by atoms with van der Waals surface area (Å²) in [5, 5.41) is 16.9. The third-order valence-corrected chi connectivity index (χ3v) is 5.30. The second kappa shape index (κ2) is 8.06. The molecule has 8 nitrogen and oxygen atoms in total. The summed E-state index contributed by atoms with van der Waals surface area (Å²) >= 11 is 18.4. The smallest absolute Gasteiger partial charge is 0.347 e. The van der Waals surface area contributed by atoms with Crippen molar-refractivity contribution in [1.29, 1.82) is 0 Å². The van der Waals surface area contributed by atoms with Crippen LogP contribution in [0.4, 0.5) is 5.69 Å². The van der Waals surface area contributed by atoms with Gasteiger partial charge in [0.1, 0.15) is 5.71 Å². The van der Waals surface area contributed by atoms with Crippen LogP contribution in [0.25, 0.3) is 0 Å². The van der Waals surface area contributed by atoms with E-state index in [0.29, 0.717) is 20.8 Å². The fourth-order valence-electron chi connectivity index (χ4n) is 3.12. The zero-order valence-corrected chi connectivity index (χ0v) is 17.4. The Labute approximate surface area is 185 Å². The number of aromatic nitrogens is 2. The fraction of sp³-hybridized carbons (Fsp3) is 0.105. The minimum atomic E-state index is -0.689. The van der Waals surface area contributed by atoms with Crippen LogP contribution in [0.3, 0.4) is 0 Å². The van der Waals surface area contributed by atoms with Crippen LogP contribution in [0.1, 0.15) is 18.0 Å². The largest absolute Gasteiger partial charge is 0.493 e. The SMILES string of the molecule is O=C(Nn1cc(O)[nH]c1=O)C1=NN(c2ccc(Cl)cc2Cl)C(c2ccc(Cl)cc2)C1. The van der Waals surface area contributed by atoms with E-state index in [0.717, 1.165) is 16.4 Å². The lowest BCUT2D eigenvalue weighted by molar-refractivity contribution is -0.111. The number of carbonyl (C=O) groups excluding carboxylic acids is 1. The van der Waals surface area contributed by atoms with Crippen molar-refractivity contribution in [2.24, 2.45) is 5.10 Å². The maximum atomic E-state index is 12.7. The Kier molecular flexibility index (Phi) is 5.46. The van der Waals surface area contributed by atoms with Gasteiger partial charge < -0.3 is 5.11 Å². The number of nitrogens with zero attached hydrogens (tertiary/aromatic N) is 3. The monoisotopic (exact) mass is 465 g/mol. The van der Waals surface area contributed by atoms with Gasteiger partial charge in [-0.2, -0.15) is 5.10 Å². The topological polar surface area (TPSA) is 103 Å². The van der Waals surface area contributed by atoms with E-state index in [9.17, 15) is 14.7 Å². The van der Waals surface area contributed by atoms with Gasteiger partial charge in [-0.3, -0.25) is 20.2 Å². The number of nitrogens with one attached hydrogen (secondary N) is 2. The van der Waals surface area contributed by atoms with Gasteiger partial charge in [0.05, 0.1) is 22.9 Å². The number of rotatable bonds is 4. The van der Waals surface area contributed by atoms with Crippen LogP contribution < -0.4 is 16.1 Å². The highest BCUT2D eigenvalue weighted by Gasteiger charge is 2.33. The van der Waals surface area contributed by atoms with E-state index in [2.05, 4.69) is 15.5 Å². The molecular formula is C19H14Cl3N5O3. The van der Waals surface area contributed by atoms with Gasteiger partial charge in [-0.25, -0.2) is 9.47 Å². The van der Waals surface area contributed by atoms with E-state index in [1.54, 1.807) is 35.3 Å². The fourth-order valence-corrected chi connectivity index (χ4v) is 3.74. The molecule has 0 radical (unpaired) electrons. The van der Waals surface area contributed by atoms with Crippen LogP contribution in [-0.4, -0.2) is 26.4 Å². The van der Waals surface area contributed by atoms with Crippen LogP contribution in [0.2, 0.25) is 15.1 Å². The van der Waals surface area contributed by atoms with Crippen molar-refractivity contribution in [2.45, 2.75) is 12.5 Å². The van der Waals surface area contributed by atoms with Gasteiger partial charge >= 0.3 is 5.69 Å². The summed E-state index contributed by atoms with van der Waals surface area (Å²) < 4.78 is 0.843. The summed E-state index contributed by atoms with van der Waals surface area (Å²) in [7, 11) is 0. The van der Waals surface area contributed by atoms with Crippen LogP contribution in [-0.2, 0) is 4.79 Å². The Bertz CT molecular complexity index is 1200. The Morgan fingerprint density at radius 1 is 1.13 bits per heavy atom. The van der Waals surface area contributed by atoms with Gasteiger partial charge in [0.25, 0.3) is 5.91 Å². The van der Waals surface area contributed by atoms with E-state index in [1.807, 2.05) is 12.1 Å². The molecule has 0 bridgehead atoms. The molecule has 3 aromatic rings. The second-order valence-electron chi connectivity index (χ2n) is 6.51. The minimum absolute atomic E-state index is 0.175. The van der Waals surface area contributed by atoms with Crippen molar-refractivity contribution in [3.8, 4) is 5.88 Å². The van der Waals surface area contributed by atoms with Gasteiger partial charge in [-0.15, -0.1) is 0 Å². The van der Waals surface area contributed by atoms with Crippen molar-refractivity contribution in [2.75, 3.05) is 10.4 Å². The van der Waals surface area contributed by atoms with Gasteiger partial charge in [-0.1, -0.05) is 46.9 Å². The van der Waals surface area contributed by atoms with E-state index in [-0.39, 0.29) is 24.1 Å². The Balaban J connectivity index is 1.69. The first kappa shape index (κ1) is 20.3. The molecule has 1 atom stereocenters. The van der Waals surface area contributed by atoms with Gasteiger partial charge in [-0.05, 0) is 35.9 Å². The average molecular weight is 467 g/mol. The second-order valence-corrected chi connectivity index (χ2v) is 7.79. The first-order chi connectivity index (χ1) is 14.3. The minimum Gasteiger partial charge on any atom is -0.493 e. The van der Waals surface area contributed by atoms with Crippen LogP contribution >= 0.6 is 34.8 Å². The molecule has 2 aromatic carbocycles. The highest BCUT2D eigenvalue weighted by Crippen LogP contribution is 2.39. The van der Waals surface area contributed by atoms with Crippen molar-refractivity contribution in [3.63, 3.8) is 0 Å². The van der Waals surface area contributed by atoms with E-state index in [4.69, 9.17) is 34.8 Å². The summed E-state index contributed by atoms with van der Waals surface area (Å²) in [5.41, 5.74) is 3.32. The number of hydrogen-bond acceptors (Lipinski definition) is 5. The molecule has 0 saturated heterocycles. The summed E-state index contributed by atoms with van der Waals surface area (Å²) in [6.45, 7) is 0. The number of carbonyl (C=O) groups is 1. The third kappa shape index (κ3) is 4.02. The maximum absolute atomic E-state index is 12.7. The number of H-pyrrole nitrogens is 1. The number of aromatic hydroxyl groups is 1. The predicted molar refractivity (Wildman–Crippen MR) is 116 cm³/mol. The number of benzene rings is 2. The third-order valence-electron chi connectivity index (χ3n) is 4.51. The lowest BCUT2D eigenvalue weighted by Crippen LogP contribution is -2.34. The maximum Gasteiger partial charge on any atom is 0.347 e. The van der Waals surface area contributed by atoms with Crippen molar-refractivity contribution < 1.29 is 9.90 Å². The molecule has 1 aromatic heterocycles.